The maximum absolute atomic E-state index is 12.7. The lowest BCUT2D eigenvalue weighted by atomic mass is 9.86. The second-order valence-corrected chi connectivity index (χ2v) is 15.4. The Kier molecular flexibility index (Phi) is 38.0. The van der Waals surface area contributed by atoms with Crippen molar-refractivity contribution in [2.75, 3.05) is 6.61 Å². The van der Waals surface area contributed by atoms with Gasteiger partial charge in [0.15, 0.2) is 0 Å². The van der Waals surface area contributed by atoms with Crippen molar-refractivity contribution in [3.63, 3.8) is 0 Å². The van der Waals surface area contributed by atoms with Crippen molar-refractivity contribution in [3.8, 4) is 0 Å². The molecule has 296 valence electrons. The first-order valence-electron chi connectivity index (χ1n) is 21.1. The molecule has 0 saturated carbocycles. The van der Waals surface area contributed by atoms with E-state index in [4.69, 9.17) is 15.2 Å². The number of ether oxygens (including phenoxy) is 2. The molecule has 0 rings (SSSR count). The van der Waals surface area contributed by atoms with Crippen LogP contribution < -0.4 is 5.73 Å². The van der Waals surface area contributed by atoms with Crippen LogP contribution in [-0.4, -0.2) is 30.2 Å². The van der Waals surface area contributed by atoms with Gasteiger partial charge in [-0.15, -0.1) is 12.4 Å². The van der Waals surface area contributed by atoms with E-state index in [0.29, 0.717) is 19.3 Å². The van der Waals surface area contributed by atoms with E-state index in [1.54, 1.807) is 0 Å². The van der Waals surface area contributed by atoms with Crippen LogP contribution in [0.15, 0.2) is 24.3 Å². The van der Waals surface area contributed by atoms with Gasteiger partial charge in [-0.2, -0.15) is 0 Å². The summed E-state index contributed by atoms with van der Waals surface area (Å²) in [5.41, 5.74) is 5.93. The minimum atomic E-state index is -0.452. The Morgan fingerprint density at radius 1 is 0.560 bits per heavy atom. The fraction of sp³-hybridized carbons (Fsp3) is 0.864. The molecule has 0 aliphatic carbocycles. The van der Waals surface area contributed by atoms with Crippen LogP contribution >= 0.6 is 12.4 Å². The Labute approximate surface area is 317 Å². The average Bonchev–Trinajstić information content (AvgIpc) is 3.06. The molecule has 2 N–H and O–H groups in total. The van der Waals surface area contributed by atoms with Crippen LogP contribution in [0.25, 0.3) is 0 Å². The molecule has 0 spiro atoms. The highest BCUT2D eigenvalue weighted by Crippen LogP contribution is 2.21. The smallest absolute Gasteiger partial charge is 0.306 e. The van der Waals surface area contributed by atoms with E-state index < -0.39 is 11.6 Å². The highest BCUT2D eigenvalue weighted by molar-refractivity contribution is 5.85. The van der Waals surface area contributed by atoms with Gasteiger partial charge < -0.3 is 15.2 Å². The highest BCUT2D eigenvalue weighted by Gasteiger charge is 2.27. The number of rotatable bonds is 36. The van der Waals surface area contributed by atoms with Crippen molar-refractivity contribution >= 4 is 24.3 Å². The zero-order valence-corrected chi connectivity index (χ0v) is 34.6. The molecule has 0 aliphatic rings. The third-order valence-electron chi connectivity index (χ3n) is 9.90. The Morgan fingerprint density at radius 3 is 1.28 bits per heavy atom. The summed E-state index contributed by atoms with van der Waals surface area (Å²) in [7, 11) is 0. The molecule has 0 heterocycles. The summed E-state index contributed by atoms with van der Waals surface area (Å²) in [6.07, 6.45) is 42.3. The maximum atomic E-state index is 12.7. The topological polar surface area (TPSA) is 78.6 Å². The van der Waals surface area contributed by atoms with E-state index in [2.05, 4.69) is 45.1 Å². The van der Waals surface area contributed by atoms with Crippen LogP contribution in [0.5, 0.6) is 0 Å². The summed E-state index contributed by atoms with van der Waals surface area (Å²) in [6, 6.07) is 0. The van der Waals surface area contributed by atoms with Gasteiger partial charge in [0.25, 0.3) is 0 Å². The summed E-state index contributed by atoms with van der Waals surface area (Å²) in [5, 5.41) is 0. The molecule has 0 fully saturated rings. The van der Waals surface area contributed by atoms with Crippen molar-refractivity contribution < 1.29 is 19.1 Å². The van der Waals surface area contributed by atoms with Crippen molar-refractivity contribution in [1.29, 1.82) is 0 Å². The normalized spacial score (nSPS) is 13.1. The first-order valence-corrected chi connectivity index (χ1v) is 21.1. The Bertz CT molecular complexity index is 806. The lowest BCUT2D eigenvalue weighted by Crippen LogP contribution is -2.42. The van der Waals surface area contributed by atoms with E-state index in [9.17, 15) is 9.59 Å². The Hall–Kier alpha value is -1.33. The van der Waals surface area contributed by atoms with Gasteiger partial charge in [-0.1, -0.05) is 148 Å². The molecule has 0 saturated heterocycles. The summed E-state index contributed by atoms with van der Waals surface area (Å²) in [6.45, 7) is 10.7. The third-order valence-corrected chi connectivity index (χ3v) is 9.90. The number of halogens is 1. The van der Waals surface area contributed by atoms with Crippen LogP contribution in [0.4, 0.5) is 0 Å². The van der Waals surface area contributed by atoms with Crippen LogP contribution in [0.1, 0.15) is 221 Å². The van der Waals surface area contributed by atoms with Gasteiger partial charge in [0.2, 0.25) is 0 Å². The number of allylic oxidation sites excluding steroid dienone is 4. The highest BCUT2D eigenvalue weighted by atomic mass is 35.5. The average molecular weight is 727 g/mol. The SMILES string of the molecule is CCCCCCCCC=CCCCCCCCC(=O)OCC(CC(C)C(C)(C)N)OC(=O)CCCCCCC/C=C\CCCCCCCC.Cl. The van der Waals surface area contributed by atoms with E-state index in [1.807, 2.05) is 13.8 Å². The molecule has 0 amide bonds. The molecule has 0 aliphatic heterocycles. The molecule has 0 aromatic rings. The van der Waals surface area contributed by atoms with Crippen LogP contribution in [0.3, 0.4) is 0 Å². The number of carbonyl (C=O) groups excluding carboxylic acids is 2. The first-order chi connectivity index (χ1) is 23.7. The lowest BCUT2D eigenvalue weighted by Gasteiger charge is -2.30. The molecule has 5 nitrogen and oxygen atoms in total. The van der Waals surface area contributed by atoms with Crippen LogP contribution in [-0.2, 0) is 19.1 Å². The standard InChI is InChI=1S/C44H83NO4.ClH/c1-6-8-10-12-14-16-18-20-22-24-26-28-30-32-34-36-42(46)48-39-41(38-40(3)44(4,5)45)49-43(47)37-35-33-31-29-27-25-23-21-19-17-15-13-11-9-7-2;/h20-23,40-41H,6-19,24-39,45H2,1-5H3;1H/b22-20?,23-21-;. The van der Waals surface area contributed by atoms with Crippen molar-refractivity contribution in [3.05, 3.63) is 24.3 Å². The summed E-state index contributed by atoms with van der Waals surface area (Å²) in [5.74, 6) is -0.275. The van der Waals surface area contributed by atoms with Gasteiger partial charge in [-0.3, -0.25) is 9.59 Å². The molecular weight excluding hydrogens is 642 g/mol. The van der Waals surface area contributed by atoms with E-state index >= 15 is 0 Å². The second kappa shape index (κ2) is 37.4. The largest absolute Gasteiger partial charge is 0.462 e. The van der Waals surface area contributed by atoms with E-state index in [1.165, 1.54) is 116 Å². The lowest BCUT2D eigenvalue weighted by molar-refractivity contribution is -0.160. The monoisotopic (exact) mass is 726 g/mol. The molecule has 0 radical (unpaired) electrons. The van der Waals surface area contributed by atoms with Crippen molar-refractivity contribution in [2.24, 2.45) is 11.7 Å². The zero-order valence-electron chi connectivity index (χ0n) is 33.8. The quantitative estimate of drug-likeness (QED) is 0.0395. The van der Waals surface area contributed by atoms with Gasteiger partial charge in [0.1, 0.15) is 12.7 Å². The molecule has 0 aromatic heterocycles. The predicted octanol–water partition coefficient (Wildman–Crippen LogP) is 13.7. The predicted molar refractivity (Wildman–Crippen MR) is 219 cm³/mol. The molecular formula is C44H84ClNO4. The third kappa shape index (κ3) is 36.5. The van der Waals surface area contributed by atoms with Gasteiger partial charge in [-0.25, -0.2) is 0 Å². The molecule has 6 heteroatoms. The fourth-order valence-electron chi connectivity index (χ4n) is 6.03. The Balaban J connectivity index is 0. The minimum Gasteiger partial charge on any atom is -0.462 e. The number of unbranched alkanes of at least 4 members (excludes halogenated alkanes) is 22. The number of esters is 2. The summed E-state index contributed by atoms with van der Waals surface area (Å²) in [4.78, 5) is 25.2. The molecule has 0 aromatic carbocycles. The summed E-state index contributed by atoms with van der Waals surface area (Å²) >= 11 is 0. The van der Waals surface area contributed by atoms with Crippen molar-refractivity contribution in [2.45, 2.75) is 232 Å². The van der Waals surface area contributed by atoms with Gasteiger partial charge in [0.05, 0.1) is 0 Å². The maximum Gasteiger partial charge on any atom is 0.306 e. The van der Waals surface area contributed by atoms with Crippen LogP contribution in [0.2, 0.25) is 0 Å². The van der Waals surface area contributed by atoms with E-state index in [0.717, 1.165) is 51.4 Å². The zero-order chi connectivity index (χ0) is 36.3. The number of nitrogens with two attached hydrogens (primary N) is 1. The number of hydrogen-bond acceptors (Lipinski definition) is 5. The minimum absolute atomic E-state index is 0. The van der Waals surface area contributed by atoms with Crippen LogP contribution in [0, 0.1) is 5.92 Å². The number of hydrogen-bond donors (Lipinski definition) is 1. The Morgan fingerprint density at radius 2 is 0.900 bits per heavy atom. The van der Waals surface area contributed by atoms with Gasteiger partial charge in [-0.05, 0) is 90.4 Å². The summed E-state index contributed by atoms with van der Waals surface area (Å²) < 4.78 is 11.4. The molecule has 2 unspecified atom stereocenters. The number of carbonyl (C=O) groups is 2. The molecule has 2 atom stereocenters. The molecule has 50 heavy (non-hydrogen) atoms. The molecule has 0 bridgehead atoms. The second-order valence-electron chi connectivity index (χ2n) is 15.4. The van der Waals surface area contributed by atoms with E-state index in [-0.39, 0.29) is 36.9 Å². The van der Waals surface area contributed by atoms with Gasteiger partial charge in [0, 0.05) is 18.4 Å². The fourth-order valence-corrected chi connectivity index (χ4v) is 6.03. The van der Waals surface area contributed by atoms with Crippen molar-refractivity contribution in [1.82, 2.24) is 0 Å². The van der Waals surface area contributed by atoms with Gasteiger partial charge >= 0.3 is 11.9 Å². The first kappa shape index (κ1) is 50.8.